The van der Waals surface area contributed by atoms with Gasteiger partial charge < -0.3 is 15.0 Å². The molecule has 4 amide bonds. The number of ether oxygens (including phenoxy) is 1. The number of carbonyl (C=O) groups excluding carboxylic acids is 3. The lowest BCUT2D eigenvalue weighted by Crippen LogP contribution is -2.51. The van der Waals surface area contributed by atoms with Crippen LogP contribution in [-0.4, -0.2) is 65.5 Å². The molecule has 0 radical (unpaired) electrons. The monoisotopic (exact) mass is 351 g/mol. The summed E-state index contributed by atoms with van der Waals surface area (Å²) in [6.07, 6.45) is 5.07. The Morgan fingerprint density at radius 3 is 2.68 bits per heavy atom. The van der Waals surface area contributed by atoms with Crippen LogP contribution in [0.1, 0.15) is 52.4 Å². The van der Waals surface area contributed by atoms with Gasteiger partial charge in [0.25, 0.3) is 5.91 Å². The largest absolute Gasteiger partial charge is 0.377 e. The molecule has 0 aromatic rings. The third kappa shape index (κ3) is 3.66. The number of nitrogens with zero attached hydrogens (tertiary/aromatic N) is 2. The Morgan fingerprint density at radius 1 is 1.28 bits per heavy atom. The van der Waals surface area contributed by atoms with E-state index < -0.39 is 11.6 Å². The fourth-order valence-electron chi connectivity index (χ4n) is 4.19. The molecule has 1 atom stereocenters. The maximum Gasteiger partial charge on any atom is 0.325 e. The molecule has 3 aliphatic rings. The van der Waals surface area contributed by atoms with E-state index >= 15 is 0 Å². The van der Waals surface area contributed by atoms with Gasteiger partial charge in [-0.05, 0) is 51.4 Å². The SMILES string of the molecule is CCOC1CCCN(C(=O)CN2C(=O)NC3(CCC(C)CC3)C2=O)C1. The zero-order valence-electron chi connectivity index (χ0n) is 15.3. The lowest BCUT2D eigenvalue weighted by molar-refractivity contribution is -0.141. The number of imide groups is 1. The van der Waals surface area contributed by atoms with E-state index in [1.54, 1.807) is 4.90 Å². The summed E-state index contributed by atoms with van der Waals surface area (Å²) in [5.41, 5.74) is -0.778. The average Bonchev–Trinajstić information content (AvgIpc) is 2.82. The molecule has 2 saturated heterocycles. The molecule has 7 heteroatoms. The number of hydrogen-bond acceptors (Lipinski definition) is 4. The Balaban J connectivity index is 1.61. The Labute approximate surface area is 149 Å². The summed E-state index contributed by atoms with van der Waals surface area (Å²) in [7, 11) is 0. The quantitative estimate of drug-likeness (QED) is 0.779. The highest BCUT2D eigenvalue weighted by Crippen LogP contribution is 2.36. The van der Waals surface area contributed by atoms with Crippen LogP contribution in [0.25, 0.3) is 0 Å². The van der Waals surface area contributed by atoms with Crippen molar-refractivity contribution in [2.45, 2.75) is 64.0 Å². The first kappa shape index (κ1) is 18.2. The van der Waals surface area contributed by atoms with E-state index in [1.807, 2.05) is 6.92 Å². The van der Waals surface area contributed by atoms with Crippen LogP contribution in [0.2, 0.25) is 0 Å². The summed E-state index contributed by atoms with van der Waals surface area (Å²) in [6, 6.07) is -0.425. The van der Waals surface area contributed by atoms with Gasteiger partial charge in [-0.3, -0.25) is 14.5 Å². The molecule has 1 aliphatic carbocycles. The minimum atomic E-state index is -0.778. The van der Waals surface area contributed by atoms with Crippen molar-refractivity contribution >= 4 is 17.8 Å². The molecule has 0 aromatic carbocycles. The van der Waals surface area contributed by atoms with Gasteiger partial charge in [0.15, 0.2) is 0 Å². The highest BCUT2D eigenvalue weighted by Gasteiger charge is 2.52. The number of piperidine rings is 1. The lowest BCUT2D eigenvalue weighted by atomic mass is 9.77. The van der Waals surface area contributed by atoms with Gasteiger partial charge in [-0.1, -0.05) is 6.92 Å². The van der Waals surface area contributed by atoms with E-state index in [9.17, 15) is 14.4 Å². The first-order chi connectivity index (χ1) is 11.9. The summed E-state index contributed by atoms with van der Waals surface area (Å²) in [4.78, 5) is 40.6. The lowest BCUT2D eigenvalue weighted by Gasteiger charge is -2.34. The highest BCUT2D eigenvalue weighted by atomic mass is 16.5. The number of likely N-dealkylation sites (tertiary alicyclic amines) is 1. The third-order valence-electron chi connectivity index (χ3n) is 5.80. The van der Waals surface area contributed by atoms with Crippen LogP contribution in [0.5, 0.6) is 0 Å². The van der Waals surface area contributed by atoms with Gasteiger partial charge >= 0.3 is 6.03 Å². The molecule has 0 aromatic heterocycles. The molecule has 140 valence electrons. The first-order valence-corrected chi connectivity index (χ1v) is 9.48. The van der Waals surface area contributed by atoms with Crippen molar-refractivity contribution in [3.8, 4) is 0 Å². The van der Waals surface area contributed by atoms with E-state index in [4.69, 9.17) is 4.74 Å². The number of urea groups is 1. The molecule has 0 bridgehead atoms. The van der Waals surface area contributed by atoms with Crippen LogP contribution in [0.15, 0.2) is 0 Å². The topological polar surface area (TPSA) is 79.0 Å². The zero-order chi connectivity index (χ0) is 18.0. The van der Waals surface area contributed by atoms with Gasteiger partial charge in [0.1, 0.15) is 12.1 Å². The summed E-state index contributed by atoms with van der Waals surface area (Å²) < 4.78 is 5.62. The summed E-state index contributed by atoms with van der Waals surface area (Å²) in [6.45, 7) is 5.77. The van der Waals surface area contributed by atoms with Crippen LogP contribution < -0.4 is 5.32 Å². The second-order valence-corrected chi connectivity index (χ2v) is 7.65. The average molecular weight is 351 g/mol. The van der Waals surface area contributed by atoms with Crippen LogP contribution in [0.4, 0.5) is 4.79 Å². The van der Waals surface area contributed by atoms with Gasteiger partial charge in [-0.25, -0.2) is 4.79 Å². The van der Waals surface area contributed by atoms with Gasteiger partial charge in [0.2, 0.25) is 5.91 Å². The van der Waals surface area contributed by atoms with Gasteiger partial charge in [-0.15, -0.1) is 0 Å². The molecule has 2 aliphatic heterocycles. The molecule has 1 spiro atoms. The predicted molar refractivity (Wildman–Crippen MR) is 91.8 cm³/mol. The van der Waals surface area contributed by atoms with Gasteiger partial charge in [0.05, 0.1) is 6.10 Å². The summed E-state index contributed by atoms with van der Waals surface area (Å²) in [5.74, 6) is 0.181. The van der Waals surface area contributed by atoms with Crippen LogP contribution >= 0.6 is 0 Å². The minimum Gasteiger partial charge on any atom is -0.377 e. The fourth-order valence-corrected chi connectivity index (χ4v) is 4.19. The molecule has 1 saturated carbocycles. The van der Waals surface area contributed by atoms with Crippen molar-refractivity contribution in [1.29, 1.82) is 0 Å². The van der Waals surface area contributed by atoms with Crippen LogP contribution in [0, 0.1) is 5.92 Å². The van der Waals surface area contributed by atoms with E-state index in [0.717, 1.165) is 30.6 Å². The Morgan fingerprint density at radius 2 is 2.00 bits per heavy atom. The second kappa shape index (κ2) is 7.32. The van der Waals surface area contributed by atoms with Crippen molar-refractivity contribution in [2.75, 3.05) is 26.2 Å². The molecule has 25 heavy (non-hydrogen) atoms. The molecule has 1 N–H and O–H groups in total. The molecule has 7 nitrogen and oxygen atoms in total. The zero-order valence-corrected chi connectivity index (χ0v) is 15.3. The van der Waals surface area contributed by atoms with Crippen molar-refractivity contribution in [1.82, 2.24) is 15.1 Å². The van der Waals surface area contributed by atoms with E-state index in [1.165, 1.54) is 0 Å². The second-order valence-electron chi connectivity index (χ2n) is 7.65. The summed E-state index contributed by atoms with van der Waals surface area (Å²) in [5, 5.41) is 2.87. The number of hydrogen-bond donors (Lipinski definition) is 1. The molecule has 3 fully saturated rings. The highest BCUT2D eigenvalue weighted by molar-refractivity contribution is 6.09. The van der Waals surface area contributed by atoms with Crippen LogP contribution in [0.3, 0.4) is 0 Å². The standard InChI is InChI=1S/C18H29N3O4/c1-3-25-14-5-4-10-20(11-14)15(22)12-21-16(23)18(19-17(21)24)8-6-13(2)7-9-18/h13-14H,3-12H2,1-2H3,(H,19,24). The first-order valence-electron chi connectivity index (χ1n) is 9.48. The molecule has 1 unspecified atom stereocenters. The molecular weight excluding hydrogens is 322 g/mol. The molecule has 3 rings (SSSR count). The predicted octanol–water partition coefficient (Wildman–Crippen LogP) is 1.51. The third-order valence-corrected chi connectivity index (χ3v) is 5.80. The fraction of sp³-hybridized carbons (Fsp3) is 0.833. The maximum atomic E-state index is 12.8. The van der Waals surface area contributed by atoms with Crippen molar-refractivity contribution < 1.29 is 19.1 Å². The van der Waals surface area contributed by atoms with E-state index in [2.05, 4.69) is 12.2 Å². The van der Waals surface area contributed by atoms with E-state index in [0.29, 0.717) is 38.5 Å². The smallest absolute Gasteiger partial charge is 0.325 e. The maximum absolute atomic E-state index is 12.8. The minimum absolute atomic E-state index is 0.0528. The normalized spacial score (nSPS) is 33.0. The molecular formula is C18H29N3O4. The van der Waals surface area contributed by atoms with Crippen LogP contribution in [-0.2, 0) is 14.3 Å². The Hall–Kier alpha value is -1.63. The van der Waals surface area contributed by atoms with Crippen molar-refractivity contribution in [2.24, 2.45) is 5.92 Å². The number of rotatable bonds is 4. The Bertz CT molecular complexity index is 540. The Kier molecular flexibility index (Phi) is 5.32. The van der Waals surface area contributed by atoms with Gasteiger partial charge in [-0.2, -0.15) is 0 Å². The number of nitrogens with one attached hydrogen (secondary N) is 1. The van der Waals surface area contributed by atoms with Gasteiger partial charge in [0, 0.05) is 19.7 Å². The van der Waals surface area contributed by atoms with Crippen molar-refractivity contribution in [3.05, 3.63) is 0 Å². The molecule has 2 heterocycles. The number of amides is 4. The number of carbonyl (C=O) groups is 3. The van der Waals surface area contributed by atoms with E-state index in [-0.39, 0.29) is 24.5 Å². The van der Waals surface area contributed by atoms with Crippen molar-refractivity contribution in [3.63, 3.8) is 0 Å². The summed E-state index contributed by atoms with van der Waals surface area (Å²) >= 11 is 0.